The van der Waals surface area contributed by atoms with Crippen molar-refractivity contribution in [3.8, 4) is 22.9 Å². The van der Waals surface area contributed by atoms with Gasteiger partial charge in [-0.15, -0.1) is 0 Å². The molecule has 3 rings (SSSR count). The minimum atomic E-state index is -0.470. The number of carbonyl (C=O) groups is 1. The Labute approximate surface area is 245 Å². The first-order chi connectivity index (χ1) is 19.6. The van der Waals surface area contributed by atoms with Gasteiger partial charge in [0.05, 0.1) is 17.2 Å². The maximum atomic E-state index is 12.7. The van der Waals surface area contributed by atoms with Gasteiger partial charge in [0.15, 0.2) is 5.82 Å². The number of hydrogen-bond acceptors (Lipinski definition) is 5. The van der Waals surface area contributed by atoms with E-state index in [-0.39, 0.29) is 0 Å². The first kappa shape index (κ1) is 31.6. The Morgan fingerprint density at radius 3 is 1.98 bits per heavy atom. The zero-order chi connectivity index (χ0) is 28.4. The number of unbranched alkanes of at least 4 members (excludes halogenated alkanes) is 11. The minimum Gasteiger partial charge on any atom is -0.492 e. The van der Waals surface area contributed by atoms with Crippen molar-refractivity contribution in [2.75, 3.05) is 6.61 Å². The van der Waals surface area contributed by atoms with Crippen LogP contribution in [0.4, 0.5) is 0 Å². The monoisotopic (exact) mass is 564 g/mol. The molecule has 0 spiro atoms. The smallest absolute Gasteiger partial charge is 0.343 e. The summed E-state index contributed by atoms with van der Waals surface area (Å²) in [4.78, 5) is 21.8. The van der Waals surface area contributed by atoms with E-state index in [4.69, 9.17) is 21.1 Å². The third-order valence-corrected chi connectivity index (χ3v) is 7.32. The van der Waals surface area contributed by atoms with Gasteiger partial charge in [0.2, 0.25) is 0 Å². The second-order valence-electron chi connectivity index (χ2n) is 10.5. The van der Waals surface area contributed by atoms with Crippen LogP contribution in [0.2, 0.25) is 5.02 Å². The second-order valence-corrected chi connectivity index (χ2v) is 10.9. The van der Waals surface area contributed by atoms with Crippen molar-refractivity contribution >= 4 is 17.6 Å². The third-order valence-electron chi connectivity index (χ3n) is 7.02. The van der Waals surface area contributed by atoms with Gasteiger partial charge < -0.3 is 9.47 Å². The van der Waals surface area contributed by atoms with E-state index in [1.807, 2.05) is 24.5 Å². The van der Waals surface area contributed by atoms with Gasteiger partial charge in [-0.2, -0.15) is 0 Å². The number of ether oxygens (including phenoxy) is 2. The fourth-order valence-corrected chi connectivity index (χ4v) is 4.80. The van der Waals surface area contributed by atoms with Gasteiger partial charge in [0, 0.05) is 18.0 Å². The molecule has 40 heavy (non-hydrogen) atoms. The van der Waals surface area contributed by atoms with Crippen LogP contribution >= 0.6 is 11.6 Å². The maximum absolute atomic E-state index is 12.7. The lowest BCUT2D eigenvalue weighted by molar-refractivity contribution is 0.0734. The summed E-state index contributed by atoms with van der Waals surface area (Å²) in [5, 5.41) is 0.404. The molecule has 3 aromatic rings. The maximum Gasteiger partial charge on any atom is 0.343 e. The Bertz CT molecular complexity index is 1130. The van der Waals surface area contributed by atoms with Crippen molar-refractivity contribution in [3.63, 3.8) is 0 Å². The lowest BCUT2D eigenvalue weighted by atomic mass is 10.1. The highest BCUT2D eigenvalue weighted by Crippen LogP contribution is 2.27. The standard InChI is InChI=1S/C34H45ClN2O3/c1-3-5-7-9-10-11-12-14-16-27-25-36-33(37-26-27)28-17-20-30(21-18-28)40-34(38)29-19-22-32(31(35)24-29)39-23-15-13-8-6-4-2/h17-22,24-26H,3-16,23H2,1-2H3. The summed E-state index contributed by atoms with van der Waals surface area (Å²) < 4.78 is 11.3. The molecule has 0 aliphatic rings. The molecule has 1 heterocycles. The molecule has 0 radical (unpaired) electrons. The second kappa shape index (κ2) is 18.4. The molecule has 0 bridgehead atoms. The Hall–Kier alpha value is -2.92. The first-order valence-corrected chi connectivity index (χ1v) is 15.5. The van der Waals surface area contributed by atoms with Crippen LogP contribution in [0.25, 0.3) is 11.4 Å². The number of hydrogen-bond donors (Lipinski definition) is 0. The average Bonchev–Trinajstić information content (AvgIpc) is 2.97. The summed E-state index contributed by atoms with van der Waals surface area (Å²) in [5.41, 5.74) is 2.42. The highest BCUT2D eigenvalue weighted by molar-refractivity contribution is 6.32. The first-order valence-electron chi connectivity index (χ1n) is 15.2. The lowest BCUT2D eigenvalue weighted by Crippen LogP contribution is -2.08. The molecule has 0 saturated heterocycles. The molecule has 0 fully saturated rings. The summed E-state index contributed by atoms with van der Waals surface area (Å²) in [7, 11) is 0. The number of carbonyl (C=O) groups excluding carboxylic acids is 1. The number of benzene rings is 2. The summed E-state index contributed by atoms with van der Waals surface area (Å²) in [6, 6.07) is 12.2. The molecular formula is C34H45ClN2O3. The number of nitrogens with zero attached hydrogens (tertiary/aromatic N) is 2. The van der Waals surface area contributed by atoms with E-state index in [1.165, 1.54) is 76.2 Å². The van der Waals surface area contributed by atoms with E-state index in [0.29, 0.717) is 34.5 Å². The van der Waals surface area contributed by atoms with Crippen molar-refractivity contribution in [1.29, 1.82) is 0 Å². The zero-order valence-electron chi connectivity index (χ0n) is 24.3. The molecule has 0 amide bonds. The third kappa shape index (κ3) is 11.3. The van der Waals surface area contributed by atoms with Crippen molar-refractivity contribution in [2.45, 2.75) is 104 Å². The van der Waals surface area contributed by atoms with Crippen LogP contribution in [0, 0.1) is 0 Å². The van der Waals surface area contributed by atoms with Crippen LogP contribution in [-0.4, -0.2) is 22.5 Å². The van der Waals surface area contributed by atoms with Crippen LogP contribution in [0.3, 0.4) is 0 Å². The molecule has 0 atom stereocenters. The Kier molecular flexibility index (Phi) is 14.6. The van der Waals surface area contributed by atoms with Gasteiger partial charge in [-0.25, -0.2) is 14.8 Å². The summed E-state index contributed by atoms with van der Waals surface area (Å²) in [5.74, 6) is 1.22. The summed E-state index contributed by atoms with van der Waals surface area (Å²) >= 11 is 6.36. The largest absolute Gasteiger partial charge is 0.492 e. The molecule has 5 nitrogen and oxygen atoms in total. The highest BCUT2D eigenvalue weighted by atomic mass is 35.5. The quantitative estimate of drug-likeness (QED) is 0.0823. The molecule has 0 aliphatic heterocycles. The normalized spacial score (nSPS) is 11.0. The molecule has 216 valence electrons. The van der Waals surface area contributed by atoms with Crippen LogP contribution in [-0.2, 0) is 6.42 Å². The van der Waals surface area contributed by atoms with Crippen molar-refractivity contribution in [2.24, 2.45) is 0 Å². The summed E-state index contributed by atoms with van der Waals surface area (Å²) in [6.07, 6.45) is 21.2. The fraction of sp³-hybridized carbons (Fsp3) is 0.500. The molecule has 0 N–H and O–H groups in total. The predicted octanol–water partition coefficient (Wildman–Crippen LogP) is 10.0. The topological polar surface area (TPSA) is 61.3 Å². The van der Waals surface area contributed by atoms with Crippen molar-refractivity contribution in [1.82, 2.24) is 9.97 Å². The number of halogens is 1. The van der Waals surface area contributed by atoms with Crippen LogP contribution in [0.5, 0.6) is 11.5 Å². The number of aromatic nitrogens is 2. The molecule has 1 aromatic heterocycles. The van der Waals surface area contributed by atoms with Crippen LogP contribution < -0.4 is 9.47 Å². The Morgan fingerprint density at radius 2 is 1.35 bits per heavy atom. The lowest BCUT2D eigenvalue weighted by Gasteiger charge is -2.10. The molecular weight excluding hydrogens is 520 g/mol. The van der Waals surface area contributed by atoms with Gasteiger partial charge in [-0.05, 0) is 67.3 Å². The number of esters is 1. The van der Waals surface area contributed by atoms with E-state index in [1.54, 1.807) is 30.3 Å². The molecule has 6 heteroatoms. The SMILES string of the molecule is CCCCCCCCCCc1cnc(-c2ccc(OC(=O)c3ccc(OCCCCCCC)c(Cl)c3)cc2)nc1. The van der Waals surface area contributed by atoms with E-state index < -0.39 is 5.97 Å². The highest BCUT2D eigenvalue weighted by Gasteiger charge is 2.13. The molecule has 0 aliphatic carbocycles. The molecule has 0 unspecified atom stereocenters. The van der Waals surface area contributed by atoms with Crippen LogP contribution in [0.15, 0.2) is 54.9 Å². The Balaban J connectivity index is 1.42. The predicted molar refractivity (Wildman–Crippen MR) is 164 cm³/mol. The fourth-order valence-electron chi connectivity index (χ4n) is 4.57. The van der Waals surface area contributed by atoms with E-state index in [2.05, 4.69) is 23.8 Å². The zero-order valence-corrected chi connectivity index (χ0v) is 25.1. The van der Waals surface area contributed by atoms with E-state index in [9.17, 15) is 4.79 Å². The van der Waals surface area contributed by atoms with E-state index in [0.717, 1.165) is 24.8 Å². The van der Waals surface area contributed by atoms with Crippen LogP contribution in [0.1, 0.15) is 113 Å². The molecule has 0 saturated carbocycles. The number of aryl methyl sites for hydroxylation is 1. The molecule has 2 aromatic carbocycles. The van der Waals surface area contributed by atoms with Crippen molar-refractivity contribution in [3.05, 3.63) is 71.0 Å². The van der Waals surface area contributed by atoms with Crippen molar-refractivity contribution < 1.29 is 14.3 Å². The minimum absolute atomic E-state index is 0.375. The van der Waals surface area contributed by atoms with E-state index >= 15 is 0 Å². The average molecular weight is 565 g/mol. The Morgan fingerprint density at radius 1 is 0.750 bits per heavy atom. The van der Waals surface area contributed by atoms with Gasteiger partial charge in [-0.3, -0.25) is 0 Å². The summed E-state index contributed by atoms with van der Waals surface area (Å²) in [6.45, 7) is 5.07. The van der Waals surface area contributed by atoms with Gasteiger partial charge in [0.1, 0.15) is 11.5 Å². The van der Waals surface area contributed by atoms with Gasteiger partial charge in [-0.1, -0.05) is 96.1 Å². The number of rotatable bonds is 19. The van der Waals surface area contributed by atoms with Gasteiger partial charge >= 0.3 is 5.97 Å². The van der Waals surface area contributed by atoms with Gasteiger partial charge in [0.25, 0.3) is 0 Å².